The van der Waals surface area contributed by atoms with Crippen molar-refractivity contribution in [2.75, 3.05) is 24.6 Å². The third-order valence-corrected chi connectivity index (χ3v) is 6.48. The lowest BCUT2D eigenvalue weighted by Gasteiger charge is -2.20. The van der Waals surface area contributed by atoms with Crippen LogP contribution in [0.1, 0.15) is 24.8 Å². The van der Waals surface area contributed by atoms with Gasteiger partial charge in [-0.3, -0.25) is 0 Å². The van der Waals surface area contributed by atoms with Gasteiger partial charge >= 0.3 is 6.03 Å². The fourth-order valence-corrected chi connectivity index (χ4v) is 4.87. The lowest BCUT2D eigenvalue weighted by atomic mass is 10.1. The Balaban J connectivity index is 1.56. The van der Waals surface area contributed by atoms with Gasteiger partial charge in [-0.1, -0.05) is 35.0 Å². The van der Waals surface area contributed by atoms with Crippen molar-refractivity contribution in [1.29, 1.82) is 0 Å². The zero-order valence-electron chi connectivity index (χ0n) is 15.5. The standard InChI is InChI=1S/C18H24N4O4S/c1-3-22(18(23)19-10-14-8-9-27(24,25)12-14)11-16-20-17(21-26-16)15-6-4-13(2)5-7-15/h4-7,14H,3,8-12H2,1-2H3,(H,19,23). The lowest BCUT2D eigenvalue weighted by Crippen LogP contribution is -2.41. The first-order chi connectivity index (χ1) is 12.9. The Kier molecular flexibility index (Phi) is 5.79. The van der Waals surface area contributed by atoms with Gasteiger partial charge in [0.25, 0.3) is 0 Å². The van der Waals surface area contributed by atoms with Crippen molar-refractivity contribution in [3.8, 4) is 11.4 Å². The average Bonchev–Trinajstić information content (AvgIpc) is 3.24. The molecule has 1 aromatic heterocycles. The van der Waals surface area contributed by atoms with Crippen molar-refractivity contribution in [3.63, 3.8) is 0 Å². The van der Waals surface area contributed by atoms with E-state index in [4.69, 9.17) is 4.52 Å². The number of aromatic nitrogens is 2. The van der Waals surface area contributed by atoms with E-state index in [2.05, 4.69) is 15.5 Å². The summed E-state index contributed by atoms with van der Waals surface area (Å²) in [5.74, 6) is 1.16. The molecule has 27 heavy (non-hydrogen) atoms. The molecule has 0 aliphatic carbocycles. The minimum absolute atomic E-state index is 0.0193. The maximum Gasteiger partial charge on any atom is 0.317 e. The molecule has 1 aliphatic rings. The number of rotatable bonds is 6. The van der Waals surface area contributed by atoms with Crippen molar-refractivity contribution in [1.82, 2.24) is 20.4 Å². The number of sulfone groups is 1. The fraction of sp³-hybridized carbons (Fsp3) is 0.500. The molecule has 1 aromatic carbocycles. The molecule has 0 bridgehead atoms. The van der Waals surface area contributed by atoms with Gasteiger partial charge in [0.15, 0.2) is 9.84 Å². The number of nitrogens with zero attached hydrogens (tertiary/aromatic N) is 3. The second-order valence-electron chi connectivity index (χ2n) is 6.85. The number of hydrogen-bond donors (Lipinski definition) is 1. The van der Waals surface area contributed by atoms with E-state index in [9.17, 15) is 13.2 Å². The molecule has 9 heteroatoms. The molecule has 1 N–H and O–H groups in total. The predicted molar refractivity (Wildman–Crippen MR) is 101 cm³/mol. The summed E-state index contributed by atoms with van der Waals surface area (Å²) in [4.78, 5) is 18.3. The van der Waals surface area contributed by atoms with E-state index in [-0.39, 0.29) is 30.0 Å². The van der Waals surface area contributed by atoms with Gasteiger partial charge in [-0.2, -0.15) is 4.98 Å². The van der Waals surface area contributed by atoms with Gasteiger partial charge in [0.1, 0.15) is 6.54 Å². The zero-order valence-corrected chi connectivity index (χ0v) is 16.3. The maximum atomic E-state index is 12.4. The Hall–Kier alpha value is -2.42. The first kappa shape index (κ1) is 19.3. The summed E-state index contributed by atoms with van der Waals surface area (Å²) in [5.41, 5.74) is 2.00. The highest BCUT2D eigenvalue weighted by atomic mass is 32.2. The number of hydrogen-bond acceptors (Lipinski definition) is 6. The number of carbonyl (C=O) groups is 1. The summed E-state index contributed by atoms with van der Waals surface area (Å²) in [6, 6.07) is 7.52. The van der Waals surface area contributed by atoms with Gasteiger partial charge in [0.2, 0.25) is 11.7 Å². The highest BCUT2D eigenvalue weighted by Crippen LogP contribution is 2.18. The van der Waals surface area contributed by atoms with E-state index in [0.29, 0.717) is 31.2 Å². The normalized spacial score (nSPS) is 18.4. The Morgan fingerprint density at radius 1 is 1.33 bits per heavy atom. The van der Waals surface area contributed by atoms with Crippen molar-refractivity contribution in [2.45, 2.75) is 26.8 Å². The molecule has 146 valence electrons. The maximum absolute atomic E-state index is 12.4. The van der Waals surface area contributed by atoms with Gasteiger partial charge in [0.05, 0.1) is 11.5 Å². The van der Waals surface area contributed by atoms with Crippen molar-refractivity contribution >= 4 is 15.9 Å². The van der Waals surface area contributed by atoms with Crippen LogP contribution in [0.4, 0.5) is 4.79 Å². The highest BCUT2D eigenvalue weighted by Gasteiger charge is 2.28. The van der Waals surface area contributed by atoms with Gasteiger partial charge in [-0.15, -0.1) is 0 Å². The SMILES string of the molecule is CCN(Cc1nc(-c2ccc(C)cc2)no1)C(=O)NCC1CCS(=O)(=O)C1. The Morgan fingerprint density at radius 2 is 2.07 bits per heavy atom. The molecule has 2 aromatic rings. The third kappa shape index (κ3) is 5.06. The minimum Gasteiger partial charge on any atom is -0.338 e. The van der Waals surface area contributed by atoms with E-state index in [1.165, 1.54) is 0 Å². The van der Waals surface area contributed by atoms with E-state index < -0.39 is 9.84 Å². The predicted octanol–water partition coefficient (Wildman–Crippen LogP) is 2.01. The molecule has 2 heterocycles. The zero-order chi connectivity index (χ0) is 19.4. The molecule has 0 radical (unpaired) electrons. The van der Waals surface area contributed by atoms with Crippen LogP contribution in [-0.4, -0.2) is 54.1 Å². The summed E-state index contributed by atoms with van der Waals surface area (Å²) in [7, 11) is -2.94. The number of urea groups is 1. The summed E-state index contributed by atoms with van der Waals surface area (Å²) >= 11 is 0. The number of amides is 2. The summed E-state index contributed by atoms with van der Waals surface area (Å²) < 4.78 is 28.3. The molecule has 8 nitrogen and oxygen atoms in total. The molecule has 1 aliphatic heterocycles. The topological polar surface area (TPSA) is 105 Å². The van der Waals surface area contributed by atoms with Gasteiger partial charge in [0, 0.05) is 18.7 Å². The molecule has 0 saturated carbocycles. The first-order valence-electron chi connectivity index (χ1n) is 8.99. The molecule has 2 amide bonds. The second kappa shape index (κ2) is 8.08. The number of carbonyl (C=O) groups excluding carboxylic acids is 1. The van der Waals surface area contributed by atoms with Gasteiger partial charge < -0.3 is 14.7 Å². The molecule has 1 fully saturated rings. The molecule has 1 unspecified atom stereocenters. The Labute approximate surface area is 158 Å². The molecule has 3 rings (SSSR count). The summed E-state index contributed by atoms with van der Waals surface area (Å²) in [5, 5.41) is 6.79. The van der Waals surface area contributed by atoms with E-state index in [0.717, 1.165) is 11.1 Å². The van der Waals surface area contributed by atoms with E-state index in [1.807, 2.05) is 38.1 Å². The number of benzene rings is 1. The van der Waals surface area contributed by atoms with Crippen LogP contribution in [0.5, 0.6) is 0 Å². The molecular weight excluding hydrogens is 368 g/mol. The molecule has 0 spiro atoms. The van der Waals surface area contributed by atoms with Crippen LogP contribution >= 0.6 is 0 Å². The quantitative estimate of drug-likeness (QED) is 0.806. The highest BCUT2D eigenvalue weighted by molar-refractivity contribution is 7.91. The van der Waals surface area contributed by atoms with Crippen LogP contribution in [0.2, 0.25) is 0 Å². The van der Waals surface area contributed by atoms with Crippen molar-refractivity contribution < 1.29 is 17.7 Å². The van der Waals surface area contributed by atoms with Crippen LogP contribution in [0.25, 0.3) is 11.4 Å². The second-order valence-corrected chi connectivity index (χ2v) is 9.08. The van der Waals surface area contributed by atoms with Gasteiger partial charge in [-0.05, 0) is 26.2 Å². The molecular formula is C18H24N4O4S. The largest absolute Gasteiger partial charge is 0.338 e. The van der Waals surface area contributed by atoms with Crippen LogP contribution in [0.3, 0.4) is 0 Å². The van der Waals surface area contributed by atoms with Crippen molar-refractivity contribution in [2.24, 2.45) is 5.92 Å². The Bertz CT molecular complexity index is 892. The molecule has 1 saturated heterocycles. The summed E-state index contributed by atoms with van der Waals surface area (Å²) in [6.07, 6.45) is 0.596. The summed E-state index contributed by atoms with van der Waals surface area (Å²) in [6.45, 7) is 4.88. The third-order valence-electron chi connectivity index (χ3n) is 4.64. The smallest absolute Gasteiger partial charge is 0.317 e. The number of aryl methyl sites for hydroxylation is 1. The van der Waals surface area contributed by atoms with E-state index >= 15 is 0 Å². The van der Waals surface area contributed by atoms with Crippen LogP contribution in [0.15, 0.2) is 28.8 Å². The first-order valence-corrected chi connectivity index (χ1v) is 10.8. The lowest BCUT2D eigenvalue weighted by molar-refractivity contribution is 0.188. The average molecular weight is 392 g/mol. The van der Waals surface area contributed by atoms with Gasteiger partial charge in [-0.25, -0.2) is 13.2 Å². The number of nitrogens with one attached hydrogen (secondary N) is 1. The Morgan fingerprint density at radius 3 is 2.70 bits per heavy atom. The fourth-order valence-electron chi connectivity index (χ4n) is 3.01. The minimum atomic E-state index is -2.94. The monoisotopic (exact) mass is 392 g/mol. The van der Waals surface area contributed by atoms with Crippen LogP contribution < -0.4 is 5.32 Å². The van der Waals surface area contributed by atoms with Crippen LogP contribution in [-0.2, 0) is 16.4 Å². The van der Waals surface area contributed by atoms with Crippen LogP contribution in [0, 0.1) is 12.8 Å². The van der Waals surface area contributed by atoms with Crippen molar-refractivity contribution in [3.05, 3.63) is 35.7 Å². The van der Waals surface area contributed by atoms with E-state index in [1.54, 1.807) is 4.90 Å². The molecule has 1 atom stereocenters.